The van der Waals surface area contributed by atoms with Crippen LogP contribution in [0.4, 0.5) is 10.5 Å². The highest BCUT2D eigenvalue weighted by Crippen LogP contribution is 2.31. The lowest BCUT2D eigenvalue weighted by molar-refractivity contribution is 0.252. The van der Waals surface area contributed by atoms with Crippen LogP contribution in [0.1, 0.15) is 31.0 Å². The normalized spacial score (nSPS) is 11.6. The molecule has 0 saturated carbocycles. The van der Waals surface area contributed by atoms with Gasteiger partial charge in [-0.25, -0.2) is 4.79 Å². The summed E-state index contributed by atoms with van der Waals surface area (Å²) in [5.41, 5.74) is 5.15. The molecule has 0 spiro atoms. The summed E-state index contributed by atoms with van der Waals surface area (Å²) < 4.78 is 5.27. The molecule has 0 bridgehead atoms. The predicted molar refractivity (Wildman–Crippen MR) is 123 cm³/mol. The van der Waals surface area contributed by atoms with Crippen LogP contribution < -0.4 is 20.7 Å². The molecule has 3 N–H and O–H groups in total. The van der Waals surface area contributed by atoms with E-state index in [1.165, 1.54) is 5.56 Å². The summed E-state index contributed by atoms with van der Waals surface area (Å²) in [4.78, 5) is 12.1. The van der Waals surface area contributed by atoms with Gasteiger partial charge >= 0.3 is 6.03 Å². The van der Waals surface area contributed by atoms with Gasteiger partial charge in [-0.3, -0.25) is 0 Å². The lowest BCUT2D eigenvalue weighted by Gasteiger charge is -2.17. The zero-order valence-corrected chi connectivity index (χ0v) is 17.7. The van der Waals surface area contributed by atoms with Gasteiger partial charge in [0.05, 0.1) is 12.8 Å². The zero-order valence-electron chi connectivity index (χ0n) is 17.7. The number of anilines is 1. The third-order valence-corrected chi connectivity index (χ3v) is 4.98. The average Bonchev–Trinajstić information content (AvgIpc) is 2.79. The molecule has 0 heterocycles. The Morgan fingerprint density at radius 2 is 1.73 bits per heavy atom. The van der Waals surface area contributed by atoms with Crippen LogP contribution in [0.15, 0.2) is 72.8 Å². The maximum absolute atomic E-state index is 12.1. The maximum Gasteiger partial charge on any atom is 0.319 e. The molecule has 5 heteroatoms. The van der Waals surface area contributed by atoms with Gasteiger partial charge in [0.15, 0.2) is 0 Å². The fraction of sp³-hybridized carbons (Fsp3) is 0.240. The number of urea groups is 1. The molecule has 0 aromatic heterocycles. The minimum absolute atomic E-state index is 0.212. The number of hydrogen-bond acceptors (Lipinski definition) is 3. The second kappa shape index (κ2) is 10.5. The SMILES string of the molecule is CCNC(=O)Nc1ccc(CN[C@H](C)c2ccccc2)cc1-c1ccc(OC)cc1. The Morgan fingerprint density at radius 1 is 1.00 bits per heavy atom. The van der Waals surface area contributed by atoms with Crippen LogP contribution in [-0.4, -0.2) is 19.7 Å². The van der Waals surface area contributed by atoms with Crippen molar-refractivity contribution in [1.82, 2.24) is 10.6 Å². The van der Waals surface area contributed by atoms with Gasteiger partial charge in [-0.15, -0.1) is 0 Å². The molecular weight excluding hydrogens is 374 g/mol. The van der Waals surface area contributed by atoms with Crippen molar-refractivity contribution in [3.8, 4) is 16.9 Å². The topological polar surface area (TPSA) is 62.4 Å². The van der Waals surface area contributed by atoms with Gasteiger partial charge in [-0.2, -0.15) is 0 Å². The first-order chi connectivity index (χ1) is 14.6. The molecule has 0 unspecified atom stereocenters. The minimum atomic E-state index is -0.212. The summed E-state index contributed by atoms with van der Waals surface area (Å²) in [6.45, 7) is 5.35. The summed E-state index contributed by atoms with van der Waals surface area (Å²) in [5, 5.41) is 9.31. The van der Waals surface area contributed by atoms with E-state index in [1.807, 2.05) is 49.4 Å². The van der Waals surface area contributed by atoms with E-state index in [1.54, 1.807) is 7.11 Å². The van der Waals surface area contributed by atoms with E-state index >= 15 is 0 Å². The van der Waals surface area contributed by atoms with Gasteiger partial charge in [-0.05, 0) is 54.8 Å². The molecule has 3 aromatic carbocycles. The van der Waals surface area contributed by atoms with Crippen molar-refractivity contribution in [3.63, 3.8) is 0 Å². The Kier molecular flexibility index (Phi) is 7.46. The molecule has 3 aromatic rings. The van der Waals surface area contributed by atoms with E-state index < -0.39 is 0 Å². The van der Waals surface area contributed by atoms with E-state index in [-0.39, 0.29) is 12.1 Å². The Bertz CT molecular complexity index is 956. The molecule has 30 heavy (non-hydrogen) atoms. The first kappa shape index (κ1) is 21.4. The second-order valence-electron chi connectivity index (χ2n) is 7.11. The van der Waals surface area contributed by atoms with Gasteiger partial charge in [0.2, 0.25) is 0 Å². The first-order valence-corrected chi connectivity index (χ1v) is 10.2. The van der Waals surface area contributed by atoms with E-state index in [0.29, 0.717) is 6.54 Å². The first-order valence-electron chi connectivity index (χ1n) is 10.2. The van der Waals surface area contributed by atoms with Crippen molar-refractivity contribution in [2.24, 2.45) is 0 Å². The number of ether oxygens (including phenoxy) is 1. The monoisotopic (exact) mass is 403 g/mol. The standard InChI is InChI=1S/C25H29N3O2/c1-4-26-25(29)28-24-15-10-19(17-27-18(2)20-8-6-5-7-9-20)16-23(24)21-11-13-22(30-3)14-12-21/h5-16,18,27H,4,17H2,1-3H3,(H2,26,28,29)/t18-/m1/s1. The van der Waals surface area contributed by atoms with Crippen LogP contribution >= 0.6 is 0 Å². The van der Waals surface area contributed by atoms with Gasteiger partial charge in [0.1, 0.15) is 5.75 Å². The van der Waals surface area contributed by atoms with Gasteiger partial charge < -0.3 is 20.7 Å². The van der Waals surface area contributed by atoms with E-state index in [0.717, 1.165) is 34.7 Å². The zero-order chi connectivity index (χ0) is 21.3. The molecule has 0 radical (unpaired) electrons. The van der Waals surface area contributed by atoms with Crippen molar-refractivity contribution in [2.45, 2.75) is 26.4 Å². The average molecular weight is 404 g/mol. The molecule has 1 atom stereocenters. The summed E-state index contributed by atoms with van der Waals surface area (Å²) in [7, 11) is 1.65. The van der Waals surface area contributed by atoms with Gasteiger partial charge in [0, 0.05) is 24.7 Å². The van der Waals surface area contributed by atoms with Crippen molar-refractivity contribution in [1.29, 1.82) is 0 Å². The Hall–Kier alpha value is -3.31. The van der Waals surface area contributed by atoms with Crippen molar-refractivity contribution in [2.75, 3.05) is 19.0 Å². The fourth-order valence-electron chi connectivity index (χ4n) is 3.28. The number of amides is 2. The molecule has 0 aliphatic carbocycles. The summed E-state index contributed by atoms with van der Waals surface area (Å²) in [6.07, 6.45) is 0. The van der Waals surface area contributed by atoms with Crippen LogP contribution in [0, 0.1) is 0 Å². The quantitative estimate of drug-likeness (QED) is 0.475. The summed E-state index contributed by atoms with van der Waals surface area (Å²) in [6, 6.07) is 24.4. The molecule has 0 aliphatic rings. The lowest BCUT2D eigenvalue weighted by atomic mass is 10.00. The van der Waals surface area contributed by atoms with E-state index in [4.69, 9.17) is 4.74 Å². The van der Waals surface area contributed by atoms with Crippen LogP contribution in [-0.2, 0) is 6.54 Å². The van der Waals surface area contributed by atoms with E-state index in [2.05, 4.69) is 53.2 Å². The number of hydrogen-bond donors (Lipinski definition) is 3. The maximum atomic E-state index is 12.1. The Balaban J connectivity index is 1.83. The molecule has 0 aliphatic heterocycles. The van der Waals surface area contributed by atoms with Crippen molar-refractivity contribution < 1.29 is 9.53 Å². The van der Waals surface area contributed by atoms with Crippen LogP contribution in [0.3, 0.4) is 0 Å². The molecule has 5 nitrogen and oxygen atoms in total. The highest BCUT2D eigenvalue weighted by atomic mass is 16.5. The van der Waals surface area contributed by atoms with Crippen LogP contribution in [0.25, 0.3) is 11.1 Å². The third kappa shape index (κ3) is 5.61. The molecule has 156 valence electrons. The molecule has 0 saturated heterocycles. The Morgan fingerprint density at radius 3 is 2.40 bits per heavy atom. The van der Waals surface area contributed by atoms with E-state index in [9.17, 15) is 4.79 Å². The highest BCUT2D eigenvalue weighted by molar-refractivity contribution is 5.94. The molecular formula is C25H29N3O2. The van der Waals surface area contributed by atoms with Crippen LogP contribution in [0.5, 0.6) is 5.75 Å². The fourth-order valence-corrected chi connectivity index (χ4v) is 3.28. The molecule has 0 fully saturated rings. The second-order valence-corrected chi connectivity index (χ2v) is 7.11. The van der Waals surface area contributed by atoms with Crippen molar-refractivity contribution in [3.05, 3.63) is 83.9 Å². The number of benzene rings is 3. The minimum Gasteiger partial charge on any atom is -0.497 e. The number of carbonyl (C=O) groups excluding carboxylic acids is 1. The summed E-state index contributed by atoms with van der Waals surface area (Å²) in [5.74, 6) is 0.798. The highest BCUT2D eigenvalue weighted by Gasteiger charge is 2.11. The van der Waals surface area contributed by atoms with Gasteiger partial charge in [-0.1, -0.05) is 48.5 Å². The van der Waals surface area contributed by atoms with Gasteiger partial charge in [0.25, 0.3) is 0 Å². The smallest absolute Gasteiger partial charge is 0.319 e. The Labute approximate surface area is 178 Å². The number of carbonyl (C=O) groups is 1. The predicted octanol–water partition coefficient (Wildman–Crippen LogP) is 5.35. The largest absolute Gasteiger partial charge is 0.497 e. The number of rotatable bonds is 8. The van der Waals surface area contributed by atoms with Crippen LogP contribution in [0.2, 0.25) is 0 Å². The van der Waals surface area contributed by atoms with Crippen molar-refractivity contribution >= 4 is 11.7 Å². The summed E-state index contributed by atoms with van der Waals surface area (Å²) >= 11 is 0. The molecule has 2 amide bonds. The lowest BCUT2D eigenvalue weighted by Crippen LogP contribution is -2.28. The molecule has 3 rings (SSSR count). The number of nitrogens with one attached hydrogen (secondary N) is 3. The number of methoxy groups -OCH3 is 1. The third-order valence-electron chi connectivity index (χ3n) is 4.98.